The van der Waals surface area contributed by atoms with Crippen LogP contribution in [-0.4, -0.2) is 57.2 Å². The van der Waals surface area contributed by atoms with E-state index in [-0.39, 0.29) is 17.5 Å². The number of aromatic nitrogens is 4. The maximum Gasteiger partial charge on any atom is 0.324 e. The molecule has 2 fully saturated rings. The van der Waals surface area contributed by atoms with E-state index in [9.17, 15) is 4.79 Å². The van der Waals surface area contributed by atoms with Crippen LogP contribution in [0, 0.1) is 0 Å². The number of anilines is 1. The number of tetrazole rings is 1. The van der Waals surface area contributed by atoms with E-state index in [1.54, 1.807) is 0 Å². The van der Waals surface area contributed by atoms with Gasteiger partial charge in [0.2, 0.25) is 0 Å². The molecule has 1 saturated carbocycles. The summed E-state index contributed by atoms with van der Waals surface area (Å²) in [4.78, 5) is 17.2. The number of carbonyl (C=O) groups is 1. The molecule has 0 radical (unpaired) electrons. The average Bonchev–Trinajstić information content (AvgIpc) is 3.50. The lowest BCUT2D eigenvalue weighted by atomic mass is 9.68. The van der Waals surface area contributed by atoms with Gasteiger partial charge in [-0.15, -0.1) is 5.10 Å². The van der Waals surface area contributed by atoms with Crippen LogP contribution >= 0.6 is 11.6 Å². The van der Waals surface area contributed by atoms with Crippen molar-refractivity contribution in [1.29, 1.82) is 0 Å². The second kappa shape index (κ2) is 8.52. The number of nitrogens with one attached hydrogen (secondary N) is 1. The minimum Gasteiger partial charge on any atom is -0.330 e. The first-order valence-corrected chi connectivity index (χ1v) is 11.4. The van der Waals surface area contributed by atoms with Crippen molar-refractivity contribution < 1.29 is 4.79 Å². The molecule has 1 saturated heterocycles. The van der Waals surface area contributed by atoms with E-state index in [2.05, 4.69) is 26.7 Å². The molecular weight excluding hydrogens is 426 g/mol. The van der Waals surface area contributed by atoms with Crippen LogP contribution in [0.3, 0.4) is 0 Å². The lowest BCUT2D eigenvalue weighted by molar-refractivity contribution is 0.156. The van der Waals surface area contributed by atoms with Crippen LogP contribution in [0.15, 0.2) is 48.5 Å². The van der Waals surface area contributed by atoms with Gasteiger partial charge < -0.3 is 10.6 Å². The van der Waals surface area contributed by atoms with Crippen molar-refractivity contribution in [1.82, 2.24) is 25.5 Å². The normalized spacial score (nSPS) is 23.7. The zero-order valence-corrected chi connectivity index (χ0v) is 18.5. The summed E-state index contributed by atoms with van der Waals surface area (Å²) in [6.45, 7) is 1.98. The van der Waals surface area contributed by atoms with Crippen molar-refractivity contribution in [2.45, 2.75) is 37.1 Å². The molecule has 0 spiro atoms. The smallest absolute Gasteiger partial charge is 0.324 e. The quantitative estimate of drug-likeness (QED) is 0.616. The fourth-order valence-electron chi connectivity index (χ4n) is 5.13. The molecule has 2 aromatic carbocycles. The summed E-state index contributed by atoms with van der Waals surface area (Å²) in [6, 6.07) is 16.1. The molecule has 0 unspecified atom stereocenters. The van der Waals surface area contributed by atoms with Gasteiger partial charge >= 0.3 is 6.03 Å². The minimum atomic E-state index is -0.0662. The molecule has 2 amide bonds. The van der Waals surface area contributed by atoms with Crippen LogP contribution in [0.5, 0.6) is 0 Å². The minimum absolute atomic E-state index is 0.0610. The number of amides is 2. The zero-order chi connectivity index (χ0) is 22.1. The van der Waals surface area contributed by atoms with Gasteiger partial charge in [-0.05, 0) is 65.9 Å². The average molecular weight is 452 g/mol. The molecule has 32 heavy (non-hydrogen) atoms. The second-order valence-corrected chi connectivity index (χ2v) is 9.09. The molecule has 3 N–H and O–H groups in total. The van der Waals surface area contributed by atoms with E-state index < -0.39 is 0 Å². The van der Waals surface area contributed by atoms with Crippen molar-refractivity contribution in [3.63, 3.8) is 0 Å². The van der Waals surface area contributed by atoms with Gasteiger partial charge in [0, 0.05) is 47.4 Å². The number of H-pyrrole nitrogens is 1. The number of urea groups is 1. The van der Waals surface area contributed by atoms with E-state index in [0.717, 1.165) is 48.5 Å². The third-order valence-electron chi connectivity index (χ3n) is 7.00. The molecule has 8 nitrogen and oxygen atoms in total. The third-order valence-corrected chi connectivity index (χ3v) is 7.23. The number of hydrogen-bond acceptors (Lipinski definition) is 5. The number of hydrogen-bond donors (Lipinski definition) is 2. The SMILES string of the molecule is NC[C@]1(c2cccc(Cl)c2)CC[C@H](N2CCN(c3cccc(-c4nnn[nH]4)c3)C2=O)CC1. The van der Waals surface area contributed by atoms with Crippen LogP contribution in [0.4, 0.5) is 10.5 Å². The second-order valence-electron chi connectivity index (χ2n) is 8.65. The molecule has 5 rings (SSSR count). The maximum atomic E-state index is 13.3. The van der Waals surface area contributed by atoms with Gasteiger partial charge in [-0.1, -0.05) is 35.9 Å². The van der Waals surface area contributed by atoms with Crippen molar-refractivity contribution in [3.05, 3.63) is 59.1 Å². The lowest BCUT2D eigenvalue weighted by Crippen LogP contribution is -2.46. The van der Waals surface area contributed by atoms with Crippen LogP contribution in [-0.2, 0) is 5.41 Å². The highest BCUT2D eigenvalue weighted by atomic mass is 35.5. The highest BCUT2D eigenvalue weighted by Crippen LogP contribution is 2.41. The van der Waals surface area contributed by atoms with Gasteiger partial charge in [-0.3, -0.25) is 4.90 Å². The Kier molecular flexibility index (Phi) is 5.57. The number of aromatic amines is 1. The Morgan fingerprint density at radius 3 is 2.66 bits per heavy atom. The van der Waals surface area contributed by atoms with Crippen LogP contribution in [0.25, 0.3) is 11.4 Å². The first-order valence-electron chi connectivity index (χ1n) is 11.0. The standard InChI is InChI=1S/C23H26ClN7O/c24-18-5-2-4-17(14-18)23(15-25)9-7-19(8-10-23)30-11-12-31(22(30)32)20-6-1-3-16(13-20)21-26-28-29-27-21/h1-6,13-14,19H,7-12,15,25H2,(H,26,27,28,29)/t19-,23-. The van der Waals surface area contributed by atoms with Gasteiger partial charge in [-0.25, -0.2) is 9.89 Å². The molecule has 2 heterocycles. The number of rotatable bonds is 5. The van der Waals surface area contributed by atoms with Crippen LogP contribution in [0.1, 0.15) is 31.2 Å². The first kappa shape index (κ1) is 20.9. The number of nitrogens with zero attached hydrogens (tertiary/aromatic N) is 5. The maximum absolute atomic E-state index is 13.3. The Morgan fingerprint density at radius 2 is 1.94 bits per heavy atom. The Hall–Kier alpha value is -2.97. The van der Waals surface area contributed by atoms with Gasteiger partial charge in [0.25, 0.3) is 0 Å². The summed E-state index contributed by atoms with van der Waals surface area (Å²) < 4.78 is 0. The number of benzene rings is 2. The Morgan fingerprint density at radius 1 is 1.12 bits per heavy atom. The summed E-state index contributed by atoms with van der Waals surface area (Å²) in [5.41, 5.74) is 9.10. The zero-order valence-electron chi connectivity index (χ0n) is 17.7. The molecule has 0 atom stereocenters. The van der Waals surface area contributed by atoms with E-state index in [4.69, 9.17) is 17.3 Å². The highest BCUT2D eigenvalue weighted by Gasteiger charge is 2.41. The predicted octanol–water partition coefficient (Wildman–Crippen LogP) is 3.60. The van der Waals surface area contributed by atoms with Crippen molar-refractivity contribution in [3.8, 4) is 11.4 Å². The Balaban J connectivity index is 1.29. The summed E-state index contributed by atoms with van der Waals surface area (Å²) in [7, 11) is 0. The van der Waals surface area contributed by atoms with Crippen molar-refractivity contribution in [2.75, 3.05) is 24.5 Å². The van der Waals surface area contributed by atoms with Crippen molar-refractivity contribution >= 4 is 23.3 Å². The van der Waals surface area contributed by atoms with Crippen molar-refractivity contribution in [2.24, 2.45) is 5.73 Å². The summed E-state index contributed by atoms with van der Waals surface area (Å²) in [6.07, 6.45) is 3.78. The molecule has 1 aromatic heterocycles. The first-order chi connectivity index (χ1) is 15.6. The molecule has 1 aliphatic heterocycles. The molecule has 2 aliphatic rings. The monoisotopic (exact) mass is 451 g/mol. The number of nitrogens with two attached hydrogens (primary N) is 1. The van der Waals surface area contributed by atoms with Crippen LogP contribution in [0.2, 0.25) is 5.02 Å². The summed E-state index contributed by atoms with van der Waals surface area (Å²) >= 11 is 6.24. The van der Waals surface area contributed by atoms with Crippen LogP contribution < -0.4 is 10.6 Å². The molecular formula is C23H26ClN7O. The molecule has 1 aliphatic carbocycles. The van der Waals surface area contributed by atoms with E-state index in [1.165, 1.54) is 5.56 Å². The fourth-order valence-corrected chi connectivity index (χ4v) is 5.32. The molecule has 0 bridgehead atoms. The number of carbonyl (C=O) groups excluding carboxylic acids is 1. The third kappa shape index (κ3) is 3.73. The highest BCUT2D eigenvalue weighted by molar-refractivity contribution is 6.30. The largest absolute Gasteiger partial charge is 0.330 e. The van der Waals surface area contributed by atoms with E-state index in [1.807, 2.05) is 52.3 Å². The lowest BCUT2D eigenvalue weighted by Gasteiger charge is -2.42. The molecule has 166 valence electrons. The van der Waals surface area contributed by atoms with Gasteiger partial charge in [-0.2, -0.15) is 0 Å². The molecule has 9 heteroatoms. The van der Waals surface area contributed by atoms with Gasteiger partial charge in [0.15, 0.2) is 5.82 Å². The molecule has 3 aromatic rings. The number of halogens is 1. The van der Waals surface area contributed by atoms with Gasteiger partial charge in [0.05, 0.1) is 0 Å². The fraction of sp³-hybridized carbons (Fsp3) is 0.391. The Bertz CT molecular complexity index is 1100. The predicted molar refractivity (Wildman–Crippen MR) is 124 cm³/mol. The topological polar surface area (TPSA) is 104 Å². The van der Waals surface area contributed by atoms with E-state index in [0.29, 0.717) is 18.9 Å². The summed E-state index contributed by atoms with van der Waals surface area (Å²) in [5, 5.41) is 14.7. The van der Waals surface area contributed by atoms with Gasteiger partial charge in [0.1, 0.15) is 0 Å². The summed E-state index contributed by atoms with van der Waals surface area (Å²) in [5.74, 6) is 0.585. The Labute approximate surface area is 191 Å². The van der Waals surface area contributed by atoms with E-state index >= 15 is 0 Å².